The molecular weight excluding hydrogens is 256 g/mol. The molecule has 0 fully saturated rings. The van der Waals surface area contributed by atoms with Crippen LogP contribution in [0, 0.1) is 11.8 Å². The van der Waals surface area contributed by atoms with Crippen molar-refractivity contribution in [2.45, 2.75) is 27.2 Å². The van der Waals surface area contributed by atoms with Crippen molar-refractivity contribution in [1.29, 1.82) is 0 Å². The van der Waals surface area contributed by atoms with Gasteiger partial charge in [0, 0.05) is 6.42 Å². The molecule has 0 heterocycles. The van der Waals surface area contributed by atoms with Gasteiger partial charge in [-0.15, -0.1) is 0 Å². The average Bonchev–Trinajstić information content (AvgIpc) is 2.38. The fraction of sp³-hybridized carbons (Fsp3) is 0.500. The van der Waals surface area contributed by atoms with Crippen LogP contribution < -0.4 is 4.74 Å². The molecule has 0 saturated carbocycles. The molecule has 1 unspecified atom stereocenters. The zero-order valence-electron chi connectivity index (χ0n) is 12.5. The second kappa shape index (κ2) is 7.68. The molecule has 0 bridgehead atoms. The zero-order valence-corrected chi connectivity index (χ0v) is 12.5. The van der Waals surface area contributed by atoms with E-state index in [1.807, 2.05) is 32.0 Å². The Balaban J connectivity index is 2.82. The average molecular weight is 278 g/mol. The van der Waals surface area contributed by atoms with Gasteiger partial charge in [-0.05, 0) is 30.5 Å². The van der Waals surface area contributed by atoms with Crippen molar-refractivity contribution in [3.63, 3.8) is 0 Å². The smallest absolute Gasteiger partial charge is 0.316 e. The third-order valence-electron chi connectivity index (χ3n) is 3.07. The van der Waals surface area contributed by atoms with Crippen molar-refractivity contribution >= 4 is 11.8 Å². The molecule has 0 aliphatic rings. The van der Waals surface area contributed by atoms with Gasteiger partial charge in [0.1, 0.15) is 11.7 Å². The minimum absolute atomic E-state index is 0.0767. The lowest BCUT2D eigenvalue weighted by molar-refractivity contribution is -0.153. The molecule has 0 amide bonds. The number of esters is 1. The molecule has 1 aromatic carbocycles. The molecule has 0 aliphatic heterocycles. The minimum atomic E-state index is -0.707. The van der Waals surface area contributed by atoms with E-state index >= 15 is 0 Å². The summed E-state index contributed by atoms with van der Waals surface area (Å²) >= 11 is 0. The minimum Gasteiger partial charge on any atom is -0.497 e. The van der Waals surface area contributed by atoms with E-state index in [1.165, 1.54) is 0 Å². The lowest BCUT2D eigenvalue weighted by Crippen LogP contribution is -2.31. The number of Topliss-reactive ketones (excluding diaryl/α,β-unsaturated/α-hetero) is 1. The fourth-order valence-corrected chi connectivity index (χ4v) is 2.10. The number of methoxy groups -OCH3 is 1. The Hall–Kier alpha value is -1.84. The summed E-state index contributed by atoms with van der Waals surface area (Å²) in [6, 6.07) is 7.30. The molecule has 110 valence electrons. The first-order valence-corrected chi connectivity index (χ1v) is 6.81. The summed E-state index contributed by atoms with van der Waals surface area (Å²) in [7, 11) is 1.58. The molecule has 4 nitrogen and oxygen atoms in total. The molecule has 1 rings (SSSR count). The standard InChI is InChI=1S/C16H22O4/c1-5-20-16(18)15(11(2)3)14(17)10-12-7-6-8-13(9-12)19-4/h6-9,11,15H,5,10H2,1-4H3. The van der Waals surface area contributed by atoms with Crippen molar-refractivity contribution in [2.24, 2.45) is 11.8 Å². The lowest BCUT2D eigenvalue weighted by atomic mass is 9.88. The Bertz CT molecular complexity index is 465. The molecule has 0 aliphatic carbocycles. The first kappa shape index (κ1) is 16.2. The molecule has 20 heavy (non-hydrogen) atoms. The van der Waals surface area contributed by atoms with E-state index in [2.05, 4.69) is 0 Å². The van der Waals surface area contributed by atoms with Gasteiger partial charge in [-0.3, -0.25) is 9.59 Å². The second-order valence-corrected chi connectivity index (χ2v) is 4.97. The molecule has 1 atom stereocenters. The van der Waals surface area contributed by atoms with E-state index in [9.17, 15) is 9.59 Å². The molecule has 0 saturated heterocycles. The third kappa shape index (κ3) is 4.37. The van der Waals surface area contributed by atoms with Gasteiger partial charge in [-0.25, -0.2) is 0 Å². The maximum atomic E-state index is 12.3. The van der Waals surface area contributed by atoms with E-state index in [0.29, 0.717) is 5.75 Å². The maximum absolute atomic E-state index is 12.3. The van der Waals surface area contributed by atoms with Gasteiger partial charge >= 0.3 is 5.97 Å². The van der Waals surface area contributed by atoms with Gasteiger partial charge in [-0.1, -0.05) is 26.0 Å². The van der Waals surface area contributed by atoms with Crippen LogP contribution in [0.2, 0.25) is 0 Å². The third-order valence-corrected chi connectivity index (χ3v) is 3.07. The molecule has 1 aromatic rings. The number of ketones is 1. The van der Waals surface area contributed by atoms with E-state index in [0.717, 1.165) is 5.56 Å². The first-order valence-electron chi connectivity index (χ1n) is 6.81. The molecule has 4 heteroatoms. The summed E-state index contributed by atoms with van der Waals surface area (Å²) in [6.07, 6.45) is 0.207. The summed E-state index contributed by atoms with van der Waals surface area (Å²) in [5.74, 6) is -0.636. The van der Waals surface area contributed by atoms with Crippen molar-refractivity contribution in [3.8, 4) is 5.75 Å². The number of rotatable bonds is 7. The van der Waals surface area contributed by atoms with E-state index in [4.69, 9.17) is 9.47 Å². The summed E-state index contributed by atoms with van der Waals surface area (Å²) in [5, 5.41) is 0. The van der Waals surface area contributed by atoms with Gasteiger partial charge in [0.05, 0.1) is 13.7 Å². The number of hydrogen-bond donors (Lipinski definition) is 0. The number of carbonyl (C=O) groups excluding carboxylic acids is 2. The van der Waals surface area contributed by atoms with E-state index < -0.39 is 11.9 Å². The predicted octanol–water partition coefficient (Wildman–Crippen LogP) is 2.64. The number of ether oxygens (including phenoxy) is 2. The van der Waals surface area contributed by atoms with Crippen molar-refractivity contribution in [2.75, 3.05) is 13.7 Å². The number of carbonyl (C=O) groups is 2. The monoisotopic (exact) mass is 278 g/mol. The first-order chi connectivity index (χ1) is 9.49. The molecule has 0 aromatic heterocycles. The fourth-order valence-electron chi connectivity index (χ4n) is 2.10. The lowest BCUT2D eigenvalue weighted by Gasteiger charge is -2.18. The largest absolute Gasteiger partial charge is 0.497 e. The van der Waals surface area contributed by atoms with Crippen molar-refractivity contribution in [1.82, 2.24) is 0 Å². The Morgan fingerprint density at radius 2 is 1.95 bits per heavy atom. The van der Waals surface area contributed by atoms with Gasteiger partial charge in [0.15, 0.2) is 5.78 Å². The van der Waals surface area contributed by atoms with Gasteiger partial charge in [-0.2, -0.15) is 0 Å². The summed E-state index contributed by atoms with van der Waals surface area (Å²) in [5.41, 5.74) is 0.837. The van der Waals surface area contributed by atoms with Crippen LogP contribution in [0.25, 0.3) is 0 Å². The number of benzene rings is 1. The highest BCUT2D eigenvalue weighted by Gasteiger charge is 2.30. The van der Waals surface area contributed by atoms with Crippen LogP contribution in [0.4, 0.5) is 0 Å². The molecular formula is C16H22O4. The Kier molecular flexibility index (Phi) is 6.22. The second-order valence-electron chi connectivity index (χ2n) is 4.97. The molecule has 0 radical (unpaired) electrons. The molecule has 0 N–H and O–H groups in total. The molecule has 0 spiro atoms. The SMILES string of the molecule is CCOC(=O)C(C(=O)Cc1cccc(OC)c1)C(C)C. The Morgan fingerprint density at radius 1 is 1.25 bits per heavy atom. The Morgan fingerprint density at radius 3 is 2.50 bits per heavy atom. The zero-order chi connectivity index (χ0) is 15.1. The van der Waals surface area contributed by atoms with Crippen LogP contribution in [-0.2, 0) is 20.7 Å². The van der Waals surface area contributed by atoms with E-state index in [-0.39, 0.29) is 24.7 Å². The summed E-state index contributed by atoms with van der Waals surface area (Å²) in [6.45, 7) is 5.73. The summed E-state index contributed by atoms with van der Waals surface area (Å²) < 4.78 is 10.1. The number of hydrogen-bond acceptors (Lipinski definition) is 4. The van der Waals surface area contributed by atoms with Crippen LogP contribution in [0.3, 0.4) is 0 Å². The van der Waals surface area contributed by atoms with E-state index in [1.54, 1.807) is 20.1 Å². The highest BCUT2D eigenvalue weighted by molar-refractivity contribution is 6.00. The van der Waals surface area contributed by atoms with Crippen LogP contribution in [0.5, 0.6) is 5.75 Å². The topological polar surface area (TPSA) is 52.6 Å². The maximum Gasteiger partial charge on any atom is 0.316 e. The predicted molar refractivity (Wildman–Crippen MR) is 76.7 cm³/mol. The van der Waals surface area contributed by atoms with Crippen LogP contribution in [0.15, 0.2) is 24.3 Å². The van der Waals surface area contributed by atoms with Crippen molar-refractivity contribution in [3.05, 3.63) is 29.8 Å². The van der Waals surface area contributed by atoms with Crippen LogP contribution in [0.1, 0.15) is 26.3 Å². The van der Waals surface area contributed by atoms with Crippen LogP contribution >= 0.6 is 0 Å². The van der Waals surface area contributed by atoms with Gasteiger partial charge < -0.3 is 9.47 Å². The summed E-state index contributed by atoms with van der Waals surface area (Å²) in [4.78, 5) is 24.2. The highest BCUT2D eigenvalue weighted by atomic mass is 16.5. The van der Waals surface area contributed by atoms with Gasteiger partial charge in [0.25, 0.3) is 0 Å². The highest BCUT2D eigenvalue weighted by Crippen LogP contribution is 2.19. The normalized spacial score (nSPS) is 12.1. The van der Waals surface area contributed by atoms with Crippen LogP contribution in [-0.4, -0.2) is 25.5 Å². The Labute approximate surface area is 120 Å². The quantitative estimate of drug-likeness (QED) is 0.568. The van der Waals surface area contributed by atoms with Crippen molar-refractivity contribution < 1.29 is 19.1 Å². The van der Waals surface area contributed by atoms with Gasteiger partial charge in [0.2, 0.25) is 0 Å².